The van der Waals surface area contributed by atoms with Crippen molar-refractivity contribution < 1.29 is 19.1 Å². The number of ether oxygens (including phenoxy) is 2. The number of hydrogen-bond donors (Lipinski definition) is 0. The van der Waals surface area contributed by atoms with Gasteiger partial charge in [-0.3, -0.25) is 14.5 Å². The number of imide groups is 1. The highest BCUT2D eigenvalue weighted by molar-refractivity contribution is 9.10. The predicted molar refractivity (Wildman–Crippen MR) is 152 cm³/mol. The number of nitrogens with zero attached hydrogens (tertiary/aromatic N) is 1. The molecule has 1 aliphatic heterocycles. The van der Waals surface area contributed by atoms with Crippen LogP contribution in [0.3, 0.4) is 0 Å². The molecule has 1 heterocycles. The maximum atomic E-state index is 13.0. The van der Waals surface area contributed by atoms with Gasteiger partial charge in [0.05, 0.1) is 18.6 Å². The van der Waals surface area contributed by atoms with Crippen molar-refractivity contribution in [3.63, 3.8) is 0 Å². The number of hydrogen-bond acceptors (Lipinski definition) is 5. The lowest BCUT2D eigenvalue weighted by atomic mass is 10.1. The van der Waals surface area contributed by atoms with Gasteiger partial charge >= 0.3 is 0 Å². The predicted octanol–water partition coefficient (Wildman–Crippen LogP) is 8.08. The second kappa shape index (κ2) is 11.0. The first-order valence-corrected chi connectivity index (χ1v) is 13.4. The quantitative estimate of drug-likeness (QED) is 0.203. The molecule has 2 amide bonds. The van der Waals surface area contributed by atoms with Crippen molar-refractivity contribution in [2.45, 2.75) is 13.2 Å². The first kappa shape index (κ1) is 25.4. The first-order valence-electron chi connectivity index (χ1n) is 11.4. The van der Waals surface area contributed by atoms with Crippen LogP contribution in [0.25, 0.3) is 16.8 Å². The summed E-state index contributed by atoms with van der Waals surface area (Å²) < 4.78 is 12.4. The molecule has 1 aliphatic rings. The van der Waals surface area contributed by atoms with E-state index in [0.717, 1.165) is 33.7 Å². The van der Waals surface area contributed by atoms with E-state index >= 15 is 0 Å². The molecule has 0 aromatic heterocycles. The van der Waals surface area contributed by atoms with Crippen molar-refractivity contribution in [1.82, 2.24) is 4.90 Å². The lowest BCUT2D eigenvalue weighted by Gasteiger charge is -2.14. The van der Waals surface area contributed by atoms with Crippen LogP contribution in [0.1, 0.15) is 16.7 Å². The Kier molecular flexibility index (Phi) is 7.55. The van der Waals surface area contributed by atoms with Gasteiger partial charge in [-0.1, -0.05) is 82.1 Å². The summed E-state index contributed by atoms with van der Waals surface area (Å²) in [5.74, 6) is 0.748. The molecule has 0 bridgehead atoms. The molecule has 4 aromatic carbocycles. The Balaban J connectivity index is 1.36. The number of benzene rings is 4. The minimum atomic E-state index is -0.341. The van der Waals surface area contributed by atoms with Crippen LogP contribution >= 0.6 is 39.3 Å². The summed E-state index contributed by atoms with van der Waals surface area (Å²) in [7, 11) is 1.57. The smallest absolute Gasteiger partial charge is 0.293 e. The SMILES string of the molecule is COc1cc(/C=C2\SC(=O)N(Cc3ccc(Cl)cc3)C2=O)c(Br)cc1OCc1cccc2ccccc12. The zero-order valence-electron chi connectivity index (χ0n) is 19.7. The fraction of sp³-hybridized carbons (Fsp3) is 0.103. The van der Waals surface area contributed by atoms with Gasteiger partial charge in [-0.15, -0.1) is 0 Å². The van der Waals surface area contributed by atoms with E-state index in [1.165, 1.54) is 4.90 Å². The fourth-order valence-electron chi connectivity index (χ4n) is 4.06. The molecule has 0 saturated carbocycles. The summed E-state index contributed by atoms with van der Waals surface area (Å²) >= 11 is 10.4. The highest BCUT2D eigenvalue weighted by Crippen LogP contribution is 2.39. The van der Waals surface area contributed by atoms with E-state index in [0.29, 0.717) is 38.1 Å². The first-order chi connectivity index (χ1) is 17.9. The Labute approximate surface area is 232 Å². The third kappa shape index (κ3) is 5.54. The second-order valence-corrected chi connectivity index (χ2v) is 10.6. The van der Waals surface area contributed by atoms with Gasteiger partial charge in [0, 0.05) is 9.50 Å². The molecule has 0 N–H and O–H groups in total. The number of methoxy groups -OCH3 is 1. The highest BCUT2D eigenvalue weighted by Gasteiger charge is 2.35. The van der Waals surface area contributed by atoms with Gasteiger partial charge in [0.15, 0.2) is 11.5 Å². The van der Waals surface area contributed by atoms with Crippen LogP contribution in [0.2, 0.25) is 5.02 Å². The summed E-state index contributed by atoms with van der Waals surface area (Å²) in [5.41, 5.74) is 2.59. The van der Waals surface area contributed by atoms with Crippen LogP contribution in [-0.2, 0) is 17.9 Å². The second-order valence-electron chi connectivity index (χ2n) is 8.35. The Morgan fingerprint density at radius 3 is 2.51 bits per heavy atom. The molecule has 5 nitrogen and oxygen atoms in total. The third-order valence-electron chi connectivity index (χ3n) is 5.96. The lowest BCUT2D eigenvalue weighted by molar-refractivity contribution is -0.123. The van der Waals surface area contributed by atoms with Crippen molar-refractivity contribution >= 4 is 67.3 Å². The largest absolute Gasteiger partial charge is 0.493 e. The summed E-state index contributed by atoms with van der Waals surface area (Å²) in [5, 5.41) is 2.57. The summed E-state index contributed by atoms with van der Waals surface area (Å²) in [6.45, 7) is 0.553. The van der Waals surface area contributed by atoms with E-state index in [1.807, 2.05) is 30.3 Å². The summed E-state index contributed by atoms with van der Waals surface area (Å²) in [6, 6.07) is 25.0. The van der Waals surface area contributed by atoms with Crippen LogP contribution in [0.4, 0.5) is 4.79 Å². The molecule has 0 aliphatic carbocycles. The fourth-order valence-corrected chi connectivity index (χ4v) is 5.45. The van der Waals surface area contributed by atoms with Gasteiger partial charge < -0.3 is 9.47 Å². The third-order valence-corrected chi connectivity index (χ3v) is 7.81. The average molecular weight is 595 g/mol. The van der Waals surface area contributed by atoms with Gasteiger partial charge in [0.1, 0.15) is 6.61 Å². The van der Waals surface area contributed by atoms with Crippen LogP contribution in [0, 0.1) is 0 Å². The van der Waals surface area contributed by atoms with Crippen molar-refractivity contribution in [2.24, 2.45) is 0 Å². The van der Waals surface area contributed by atoms with E-state index in [-0.39, 0.29) is 17.7 Å². The van der Waals surface area contributed by atoms with Crippen molar-refractivity contribution in [3.05, 3.63) is 110 Å². The highest BCUT2D eigenvalue weighted by atomic mass is 79.9. The number of fused-ring (bicyclic) bond motifs is 1. The monoisotopic (exact) mass is 593 g/mol. The number of carbonyl (C=O) groups excluding carboxylic acids is 2. The van der Waals surface area contributed by atoms with Crippen LogP contribution in [0.15, 0.2) is 88.2 Å². The van der Waals surface area contributed by atoms with Crippen LogP contribution < -0.4 is 9.47 Å². The van der Waals surface area contributed by atoms with Gasteiger partial charge in [-0.25, -0.2) is 0 Å². The molecule has 1 saturated heterocycles. The van der Waals surface area contributed by atoms with Crippen LogP contribution in [-0.4, -0.2) is 23.2 Å². The topological polar surface area (TPSA) is 55.8 Å². The van der Waals surface area contributed by atoms with Crippen molar-refractivity contribution in [1.29, 1.82) is 0 Å². The normalized spacial score (nSPS) is 14.6. The van der Waals surface area contributed by atoms with E-state index in [9.17, 15) is 9.59 Å². The standard InChI is InChI=1S/C29H21BrClNO4S/c1-35-25-13-21(14-27-28(33)32(29(34)37-27)16-18-9-11-22(31)12-10-18)24(30)15-26(25)36-17-20-7-4-6-19-5-2-3-8-23(19)20/h2-15H,16-17H2,1H3/b27-14-. The van der Waals surface area contributed by atoms with Gasteiger partial charge in [-0.2, -0.15) is 0 Å². The molecule has 0 atom stereocenters. The number of amides is 2. The summed E-state index contributed by atoms with van der Waals surface area (Å²) in [4.78, 5) is 27.2. The van der Waals surface area contributed by atoms with Gasteiger partial charge in [0.25, 0.3) is 11.1 Å². The molecular formula is C29H21BrClNO4S. The van der Waals surface area contributed by atoms with E-state index < -0.39 is 0 Å². The minimum Gasteiger partial charge on any atom is -0.493 e. The molecule has 37 heavy (non-hydrogen) atoms. The maximum absolute atomic E-state index is 13.0. The van der Waals surface area contributed by atoms with E-state index in [1.54, 1.807) is 43.5 Å². The van der Waals surface area contributed by atoms with Gasteiger partial charge in [0.2, 0.25) is 0 Å². The molecule has 0 radical (unpaired) electrons. The van der Waals surface area contributed by atoms with Crippen LogP contribution in [0.5, 0.6) is 11.5 Å². The Morgan fingerprint density at radius 2 is 1.73 bits per heavy atom. The lowest BCUT2D eigenvalue weighted by Crippen LogP contribution is -2.27. The summed E-state index contributed by atoms with van der Waals surface area (Å²) in [6.07, 6.45) is 1.69. The zero-order chi connectivity index (χ0) is 25.9. The number of halogens is 2. The van der Waals surface area contributed by atoms with E-state index in [4.69, 9.17) is 21.1 Å². The molecule has 5 rings (SSSR count). The van der Waals surface area contributed by atoms with E-state index in [2.05, 4.69) is 34.1 Å². The molecular weight excluding hydrogens is 574 g/mol. The average Bonchev–Trinajstić information content (AvgIpc) is 3.17. The number of thioether (sulfide) groups is 1. The Bertz CT molecular complexity index is 1530. The maximum Gasteiger partial charge on any atom is 0.293 e. The molecule has 0 unspecified atom stereocenters. The molecule has 186 valence electrons. The molecule has 1 fully saturated rings. The Hall–Kier alpha value is -3.26. The zero-order valence-corrected chi connectivity index (χ0v) is 22.9. The Morgan fingerprint density at radius 1 is 0.973 bits per heavy atom. The molecule has 4 aromatic rings. The molecule has 0 spiro atoms. The van der Waals surface area contributed by atoms with Crippen molar-refractivity contribution in [2.75, 3.05) is 7.11 Å². The van der Waals surface area contributed by atoms with Crippen molar-refractivity contribution in [3.8, 4) is 11.5 Å². The number of rotatable bonds is 7. The molecule has 8 heteroatoms. The number of carbonyl (C=O) groups is 2. The minimum absolute atomic E-state index is 0.185. The van der Waals surface area contributed by atoms with Gasteiger partial charge in [-0.05, 0) is 69.6 Å².